The van der Waals surface area contributed by atoms with Crippen LogP contribution in [0.4, 0.5) is 0 Å². The van der Waals surface area contributed by atoms with Crippen LogP contribution in [0.15, 0.2) is 12.1 Å². The second-order valence-electron chi connectivity index (χ2n) is 3.30. The van der Waals surface area contributed by atoms with E-state index in [0.717, 1.165) is 0 Å². The molecule has 0 fully saturated rings. The minimum atomic E-state index is -0.944. The Morgan fingerprint density at radius 3 is 1.75 bits per heavy atom. The summed E-state index contributed by atoms with van der Waals surface area (Å²) in [6, 6.07) is 2.40. The second-order valence-corrected chi connectivity index (χ2v) is 3.30. The molecule has 2 bridgehead atoms. The van der Waals surface area contributed by atoms with Crippen molar-refractivity contribution in [3.8, 4) is 0 Å². The molecule has 78 valence electrons. The molecule has 0 saturated heterocycles. The summed E-state index contributed by atoms with van der Waals surface area (Å²) >= 11 is 0. The van der Waals surface area contributed by atoms with E-state index < -0.39 is 23.9 Å². The van der Waals surface area contributed by atoms with Crippen molar-refractivity contribution in [2.45, 2.75) is 0 Å². The van der Waals surface area contributed by atoms with Crippen LogP contribution in [-0.4, -0.2) is 23.9 Å². The number of carbonyl (C=O) groups is 4. The van der Waals surface area contributed by atoms with Crippen molar-refractivity contribution in [2.24, 2.45) is 0 Å². The SMILES string of the molecule is O=C1OC(=O)c2cc1cc1c2C(=O)OC1=O. The van der Waals surface area contributed by atoms with Crippen LogP contribution in [-0.2, 0) is 9.47 Å². The molecule has 1 aromatic carbocycles. The van der Waals surface area contributed by atoms with Gasteiger partial charge in [0, 0.05) is 0 Å². The van der Waals surface area contributed by atoms with Gasteiger partial charge >= 0.3 is 23.9 Å². The average Bonchev–Trinajstić information content (AvgIpc) is 2.52. The Morgan fingerprint density at radius 1 is 0.688 bits per heavy atom. The highest BCUT2D eigenvalue weighted by molar-refractivity contribution is 6.22. The second kappa shape index (κ2) is 2.54. The van der Waals surface area contributed by atoms with E-state index in [-0.39, 0.29) is 22.3 Å². The van der Waals surface area contributed by atoms with Crippen LogP contribution in [0.2, 0.25) is 0 Å². The van der Waals surface area contributed by atoms with Gasteiger partial charge in [0.25, 0.3) is 0 Å². The Kier molecular flexibility index (Phi) is 1.40. The third-order valence-electron chi connectivity index (χ3n) is 2.39. The molecule has 0 N–H and O–H groups in total. The van der Waals surface area contributed by atoms with Crippen molar-refractivity contribution < 1.29 is 28.7 Å². The van der Waals surface area contributed by atoms with E-state index in [1.54, 1.807) is 0 Å². The van der Waals surface area contributed by atoms with Crippen molar-refractivity contribution in [2.75, 3.05) is 0 Å². The summed E-state index contributed by atoms with van der Waals surface area (Å²) in [5, 5.41) is 0. The number of fused-ring (bicyclic) bond motifs is 4. The highest BCUT2D eigenvalue weighted by Gasteiger charge is 2.39. The Hall–Kier alpha value is -2.50. The van der Waals surface area contributed by atoms with Crippen LogP contribution < -0.4 is 0 Å². The number of benzene rings is 1. The van der Waals surface area contributed by atoms with Gasteiger partial charge in [0.2, 0.25) is 0 Å². The van der Waals surface area contributed by atoms with E-state index in [2.05, 4.69) is 9.47 Å². The first-order valence-electron chi connectivity index (χ1n) is 4.29. The molecule has 0 aromatic heterocycles. The molecule has 0 saturated carbocycles. The van der Waals surface area contributed by atoms with E-state index in [9.17, 15) is 19.2 Å². The van der Waals surface area contributed by atoms with Crippen LogP contribution in [0.1, 0.15) is 41.4 Å². The maximum atomic E-state index is 11.3. The highest BCUT2D eigenvalue weighted by Crippen LogP contribution is 2.29. The third-order valence-corrected chi connectivity index (χ3v) is 2.39. The van der Waals surface area contributed by atoms with Crippen LogP contribution >= 0.6 is 0 Å². The number of hydrogen-bond acceptors (Lipinski definition) is 6. The average molecular weight is 218 g/mol. The Labute approximate surface area is 87.8 Å². The molecule has 2 aliphatic rings. The van der Waals surface area contributed by atoms with Gasteiger partial charge in [-0.05, 0) is 12.1 Å². The molecule has 0 unspecified atom stereocenters. The summed E-state index contributed by atoms with van der Waals surface area (Å²) in [5.74, 6) is -3.54. The first-order valence-corrected chi connectivity index (χ1v) is 4.29. The fourth-order valence-electron chi connectivity index (χ4n) is 1.69. The molecule has 0 atom stereocenters. The first-order chi connectivity index (χ1) is 7.58. The lowest BCUT2D eigenvalue weighted by Gasteiger charge is -2.12. The number of cyclic esters (lactones) is 4. The highest BCUT2D eigenvalue weighted by atomic mass is 16.6. The monoisotopic (exact) mass is 218 g/mol. The molecule has 16 heavy (non-hydrogen) atoms. The van der Waals surface area contributed by atoms with Gasteiger partial charge in [-0.2, -0.15) is 0 Å². The predicted octanol–water partition coefficient (Wildman–Crippen LogP) is 0.308. The van der Waals surface area contributed by atoms with E-state index in [4.69, 9.17) is 0 Å². The van der Waals surface area contributed by atoms with Crippen molar-refractivity contribution in [1.82, 2.24) is 0 Å². The van der Waals surface area contributed by atoms with Crippen LogP contribution in [0, 0.1) is 0 Å². The molecule has 2 aliphatic heterocycles. The van der Waals surface area contributed by atoms with Gasteiger partial charge in [0.15, 0.2) is 0 Å². The molecule has 6 nitrogen and oxygen atoms in total. The maximum absolute atomic E-state index is 11.3. The summed E-state index contributed by atoms with van der Waals surface area (Å²) in [5.41, 5.74) is -0.253. The number of hydrogen-bond donors (Lipinski definition) is 0. The Bertz CT molecular complexity index is 598. The van der Waals surface area contributed by atoms with Gasteiger partial charge in [0.1, 0.15) is 0 Å². The van der Waals surface area contributed by atoms with Crippen molar-refractivity contribution in [3.05, 3.63) is 34.4 Å². The van der Waals surface area contributed by atoms with E-state index in [1.807, 2.05) is 0 Å². The molecule has 6 heteroatoms. The molecule has 0 spiro atoms. The quantitative estimate of drug-likeness (QED) is 0.460. The van der Waals surface area contributed by atoms with E-state index in [0.29, 0.717) is 0 Å². The zero-order valence-electron chi connectivity index (χ0n) is 7.60. The van der Waals surface area contributed by atoms with Gasteiger partial charge < -0.3 is 9.47 Å². The molecule has 0 amide bonds. The lowest BCUT2D eigenvalue weighted by molar-refractivity contribution is 0.0370. The van der Waals surface area contributed by atoms with Gasteiger partial charge in [-0.25, -0.2) is 19.2 Å². The minimum absolute atomic E-state index is 0.0556. The molecular weight excluding hydrogens is 216 g/mol. The normalized spacial score (nSPS) is 17.0. The number of esters is 4. The Balaban J connectivity index is 2.40. The summed E-state index contributed by atoms with van der Waals surface area (Å²) in [6.07, 6.45) is 0. The predicted molar refractivity (Wildman–Crippen MR) is 45.9 cm³/mol. The summed E-state index contributed by atoms with van der Waals surface area (Å²) in [6.45, 7) is 0. The summed E-state index contributed by atoms with van der Waals surface area (Å²) in [4.78, 5) is 45.0. The molecule has 2 heterocycles. The lowest BCUT2D eigenvalue weighted by Crippen LogP contribution is -2.22. The van der Waals surface area contributed by atoms with Crippen molar-refractivity contribution in [3.63, 3.8) is 0 Å². The fourth-order valence-corrected chi connectivity index (χ4v) is 1.69. The summed E-state index contributed by atoms with van der Waals surface area (Å²) < 4.78 is 8.72. The lowest BCUT2D eigenvalue weighted by atomic mass is 9.97. The third kappa shape index (κ3) is 0.902. The van der Waals surface area contributed by atoms with E-state index >= 15 is 0 Å². The number of ether oxygens (including phenoxy) is 2. The van der Waals surface area contributed by atoms with Crippen molar-refractivity contribution >= 4 is 23.9 Å². The van der Waals surface area contributed by atoms with Gasteiger partial charge in [0.05, 0.1) is 22.3 Å². The first kappa shape index (κ1) is 8.78. The molecular formula is C10H2O6. The van der Waals surface area contributed by atoms with Crippen LogP contribution in [0.25, 0.3) is 0 Å². The fraction of sp³-hybridized carbons (Fsp3) is 0. The van der Waals surface area contributed by atoms with Crippen molar-refractivity contribution in [1.29, 1.82) is 0 Å². The van der Waals surface area contributed by atoms with Crippen LogP contribution in [0.3, 0.4) is 0 Å². The zero-order valence-corrected chi connectivity index (χ0v) is 7.60. The van der Waals surface area contributed by atoms with Gasteiger partial charge in [-0.3, -0.25) is 0 Å². The number of carbonyl (C=O) groups excluding carboxylic acids is 4. The molecule has 1 aromatic rings. The van der Waals surface area contributed by atoms with Gasteiger partial charge in [-0.15, -0.1) is 0 Å². The van der Waals surface area contributed by atoms with E-state index in [1.165, 1.54) is 12.1 Å². The summed E-state index contributed by atoms with van der Waals surface area (Å²) in [7, 11) is 0. The molecule has 3 rings (SSSR count). The minimum Gasteiger partial charge on any atom is -0.386 e. The van der Waals surface area contributed by atoms with Crippen LogP contribution in [0.5, 0.6) is 0 Å². The zero-order chi connectivity index (χ0) is 11.4. The molecule has 0 aliphatic carbocycles. The topological polar surface area (TPSA) is 86.7 Å². The molecule has 0 radical (unpaired) electrons. The Morgan fingerprint density at radius 2 is 1.19 bits per heavy atom. The largest absolute Gasteiger partial charge is 0.386 e. The smallest absolute Gasteiger partial charge is 0.347 e. The maximum Gasteiger partial charge on any atom is 0.347 e. The van der Waals surface area contributed by atoms with Gasteiger partial charge in [-0.1, -0.05) is 0 Å². The number of rotatable bonds is 0. The standard InChI is InChI=1S/C10H2O6/c11-7-3-1-4(8(12)15-7)6-5(2-3)9(13)16-10(6)14/h1-2H.